The molecule has 0 aliphatic heterocycles. The zero-order valence-corrected chi connectivity index (χ0v) is 17.6. The summed E-state index contributed by atoms with van der Waals surface area (Å²) in [6.45, 7) is 0. The van der Waals surface area contributed by atoms with Gasteiger partial charge in [-0.2, -0.15) is 5.26 Å². The number of rotatable bonds is 3. The summed E-state index contributed by atoms with van der Waals surface area (Å²) in [5, 5.41) is 10.9. The summed E-state index contributed by atoms with van der Waals surface area (Å²) < 4.78 is 18.2. The number of imidazole rings is 1. The third-order valence-electron chi connectivity index (χ3n) is 5.65. The molecule has 0 bridgehead atoms. The van der Waals surface area contributed by atoms with E-state index in [9.17, 15) is 0 Å². The lowest BCUT2D eigenvalue weighted by molar-refractivity contribution is 0.633. The van der Waals surface area contributed by atoms with Gasteiger partial charge in [0.15, 0.2) is 0 Å². The molecule has 3 aromatic carbocycles. The van der Waals surface area contributed by atoms with E-state index >= 15 is 4.39 Å². The molecule has 0 fully saturated rings. The van der Waals surface area contributed by atoms with E-state index in [1.807, 2.05) is 65.2 Å². The van der Waals surface area contributed by atoms with Crippen LogP contribution in [0.3, 0.4) is 0 Å². The molecule has 0 N–H and O–H groups in total. The maximum Gasteiger partial charge on any atom is 0.134 e. The lowest BCUT2D eigenvalue weighted by Crippen LogP contribution is -1.95. The quantitative estimate of drug-likeness (QED) is 0.313. The number of aromatic nitrogens is 3. The molecule has 0 aliphatic carbocycles. The van der Waals surface area contributed by atoms with Gasteiger partial charge in [0, 0.05) is 32.3 Å². The molecule has 3 heterocycles. The maximum atomic E-state index is 15.1. The van der Waals surface area contributed by atoms with Crippen molar-refractivity contribution in [3.05, 3.63) is 90.6 Å². The first-order valence-corrected chi connectivity index (χ1v) is 10.9. The molecule has 0 saturated carbocycles. The van der Waals surface area contributed by atoms with Gasteiger partial charge in [-0.25, -0.2) is 9.37 Å². The van der Waals surface area contributed by atoms with E-state index in [1.54, 1.807) is 23.9 Å². The lowest BCUT2D eigenvalue weighted by Gasteiger charge is -2.09. The molecular weight excluding hydrogens is 419 g/mol. The third-order valence-corrected chi connectivity index (χ3v) is 6.80. The number of thiophene rings is 1. The number of benzene rings is 3. The van der Waals surface area contributed by atoms with Crippen LogP contribution in [-0.2, 0) is 6.42 Å². The van der Waals surface area contributed by atoms with Crippen molar-refractivity contribution in [2.75, 3.05) is 0 Å². The predicted molar refractivity (Wildman–Crippen MR) is 126 cm³/mol. The Bertz CT molecular complexity index is 1640. The fourth-order valence-electron chi connectivity index (χ4n) is 4.08. The molecular formula is C26H15FN4S. The van der Waals surface area contributed by atoms with E-state index in [0.29, 0.717) is 17.5 Å². The van der Waals surface area contributed by atoms with E-state index < -0.39 is 0 Å². The van der Waals surface area contributed by atoms with Gasteiger partial charge in [0.25, 0.3) is 0 Å². The van der Waals surface area contributed by atoms with Crippen molar-refractivity contribution in [2.24, 2.45) is 0 Å². The average Bonchev–Trinajstić information content (AvgIpc) is 3.44. The molecule has 6 rings (SSSR count). The molecule has 0 saturated heterocycles. The molecule has 6 aromatic rings. The summed E-state index contributed by atoms with van der Waals surface area (Å²) in [4.78, 5) is 9.85. The second kappa shape index (κ2) is 7.26. The van der Waals surface area contributed by atoms with Crippen molar-refractivity contribution in [1.82, 2.24) is 14.5 Å². The molecule has 32 heavy (non-hydrogen) atoms. The van der Waals surface area contributed by atoms with Crippen LogP contribution < -0.4 is 0 Å². The van der Waals surface area contributed by atoms with Crippen LogP contribution in [0.15, 0.2) is 79.3 Å². The van der Waals surface area contributed by atoms with Crippen LogP contribution >= 0.6 is 11.3 Å². The highest BCUT2D eigenvalue weighted by Gasteiger charge is 2.16. The normalized spacial score (nSPS) is 11.4. The number of hydrogen-bond acceptors (Lipinski definition) is 4. The molecule has 6 heteroatoms. The Balaban J connectivity index is 1.58. The summed E-state index contributed by atoms with van der Waals surface area (Å²) in [5.41, 5.74) is 4.65. The van der Waals surface area contributed by atoms with Crippen LogP contribution in [0.25, 0.3) is 48.2 Å². The van der Waals surface area contributed by atoms with E-state index in [0.717, 1.165) is 42.6 Å². The first-order valence-electron chi connectivity index (χ1n) is 10.1. The van der Waals surface area contributed by atoms with Gasteiger partial charge in [-0.15, -0.1) is 11.3 Å². The molecule has 0 atom stereocenters. The van der Waals surface area contributed by atoms with Crippen LogP contribution in [0.2, 0.25) is 0 Å². The first kappa shape index (κ1) is 18.7. The fraction of sp³-hybridized carbons (Fsp3) is 0.0385. The van der Waals surface area contributed by atoms with Gasteiger partial charge in [-0.1, -0.05) is 30.3 Å². The van der Waals surface area contributed by atoms with E-state index in [2.05, 4.69) is 16.0 Å². The Morgan fingerprint density at radius 3 is 2.62 bits per heavy atom. The third kappa shape index (κ3) is 2.95. The molecule has 0 spiro atoms. The fourth-order valence-corrected chi connectivity index (χ4v) is 5.16. The number of fused-ring (bicyclic) bond motifs is 4. The van der Waals surface area contributed by atoms with Gasteiger partial charge in [-0.05, 0) is 41.3 Å². The molecule has 152 valence electrons. The number of nitrogens with zero attached hydrogens (tertiary/aromatic N) is 4. The van der Waals surface area contributed by atoms with Crippen molar-refractivity contribution < 1.29 is 4.39 Å². The highest BCUT2D eigenvalue weighted by Crippen LogP contribution is 2.37. The van der Waals surface area contributed by atoms with Crippen molar-refractivity contribution >= 4 is 43.4 Å². The maximum absolute atomic E-state index is 15.1. The van der Waals surface area contributed by atoms with Gasteiger partial charge in [0.05, 0.1) is 29.7 Å². The Labute approximate surface area is 186 Å². The van der Waals surface area contributed by atoms with Crippen molar-refractivity contribution in [2.45, 2.75) is 6.42 Å². The van der Waals surface area contributed by atoms with Crippen LogP contribution in [0.5, 0.6) is 0 Å². The average molecular weight is 434 g/mol. The van der Waals surface area contributed by atoms with Gasteiger partial charge in [0.1, 0.15) is 17.7 Å². The van der Waals surface area contributed by atoms with Crippen molar-refractivity contribution in [3.63, 3.8) is 0 Å². The zero-order chi connectivity index (χ0) is 21.7. The Morgan fingerprint density at radius 2 is 1.81 bits per heavy atom. The van der Waals surface area contributed by atoms with Crippen LogP contribution in [-0.4, -0.2) is 14.5 Å². The van der Waals surface area contributed by atoms with Crippen molar-refractivity contribution in [3.8, 4) is 22.2 Å². The van der Waals surface area contributed by atoms with Crippen LogP contribution in [0.4, 0.5) is 4.39 Å². The molecule has 0 radical (unpaired) electrons. The number of hydrogen-bond donors (Lipinski definition) is 0. The Morgan fingerprint density at radius 1 is 0.969 bits per heavy atom. The largest absolute Gasteiger partial charge is 0.298 e. The van der Waals surface area contributed by atoms with E-state index in [4.69, 9.17) is 5.26 Å². The summed E-state index contributed by atoms with van der Waals surface area (Å²) in [6.07, 6.45) is 3.81. The summed E-state index contributed by atoms with van der Waals surface area (Å²) in [6, 6.07) is 23.5. The SMILES string of the molecule is N#CCc1ccc(-n2cnc3cnc4cc(F)c(-c5cc6ccccc6s5)cc4c32)cc1. The van der Waals surface area contributed by atoms with E-state index in [1.165, 1.54) is 6.07 Å². The monoisotopic (exact) mass is 434 g/mol. The molecule has 0 unspecified atom stereocenters. The number of pyridine rings is 1. The van der Waals surface area contributed by atoms with Crippen LogP contribution in [0, 0.1) is 17.1 Å². The molecule has 4 nitrogen and oxygen atoms in total. The highest BCUT2D eigenvalue weighted by molar-refractivity contribution is 7.22. The second-order valence-corrected chi connectivity index (χ2v) is 8.69. The smallest absolute Gasteiger partial charge is 0.134 e. The van der Waals surface area contributed by atoms with E-state index in [-0.39, 0.29) is 5.82 Å². The Kier molecular flexibility index (Phi) is 4.23. The predicted octanol–water partition coefficient (Wildman–Crippen LogP) is 6.66. The Hall–Kier alpha value is -4.08. The molecule has 3 aromatic heterocycles. The minimum Gasteiger partial charge on any atom is -0.298 e. The molecule has 0 aliphatic rings. The summed E-state index contributed by atoms with van der Waals surface area (Å²) in [7, 11) is 0. The van der Waals surface area contributed by atoms with Crippen molar-refractivity contribution in [1.29, 1.82) is 5.26 Å². The molecule has 0 amide bonds. The topological polar surface area (TPSA) is 54.5 Å². The van der Waals surface area contributed by atoms with Gasteiger partial charge in [0.2, 0.25) is 0 Å². The highest BCUT2D eigenvalue weighted by atomic mass is 32.1. The first-order chi connectivity index (χ1) is 15.7. The van der Waals surface area contributed by atoms with Gasteiger partial charge >= 0.3 is 0 Å². The van der Waals surface area contributed by atoms with Crippen LogP contribution in [0.1, 0.15) is 5.56 Å². The second-order valence-electron chi connectivity index (χ2n) is 7.61. The van der Waals surface area contributed by atoms with Gasteiger partial charge in [-0.3, -0.25) is 9.55 Å². The lowest BCUT2D eigenvalue weighted by atomic mass is 10.1. The minimum atomic E-state index is -0.289. The summed E-state index contributed by atoms with van der Waals surface area (Å²) in [5.74, 6) is -0.289. The summed E-state index contributed by atoms with van der Waals surface area (Å²) >= 11 is 1.58. The number of nitriles is 1. The standard InChI is InChI=1S/C26H15FN4S/c27-21-13-22-20(12-19(21)25-11-17-3-1-2-4-24(17)32-25)26-23(14-29-22)30-15-31(26)18-7-5-16(6-8-18)9-10-28/h1-8,11-15H,9H2. The minimum absolute atomic E-state index is 0.289. The number of halogens is 1. The zero-order valence-electron chi connectivity index (χ0n) is 16.8. The van der Waals surface area contributed by atoms with Gasteiger partial charge < -0.3 is 0 Å².